The van der Waals surface area contributed by atoms with Crippen LogP contribution in [0.25, 0.3) is 0 Å². The third-order valence-corrected chi connectivity index (χ3v) is 4.58. The molecule has 2 aliphatic rings. The lowest BCUT2D eigenvalue weighted by Gasteiger charge is -2.43. The van der Waals surface area contributed by atoms with Crippen LogP contribution in [0.1, 0.15) is 33.6 Å². The first-order valence-corrected chi connectivity index (χ1v) is 8.00. The summed E-state index contributed by atoms with van der Waals surface area (Å²) in [7, 11) is 0. The van der Waals surface area contributed by atoms with Crippen molar-refractivity contribution >= 4 is 11.9 Å². The van der Waals surface area contributed by atoms with Gasteiger partial charge < -0.3 is 20.4 Å². The van der Waals surface area contributed by atoms with Crippen molar-refractivity contribution in [2.45, 2.75) is 39.7 Å². The maximum absolute atomic E-state index is 12.7. The molecule has 21 heavy (non-hydrogen) atoms. The van der Waals surface area contributed by atoms with E-state index in [1.54, 1.807) is 4.90 Å². The number of hydrogen-bond donors (Lipinski definition) is 2. The number of piperazine rings is 1. The van der Waals surface area contributed by atoms with Crippen LogP contribution in [0.3, 0.4) is 0 Å². The van der Waals surface area contributed by atoms with E-state index in [4.69, 9.17) is 0 Å². The highest BCUT2D eigenvalue weighted by Gasteiger charge is 2.39. The van der Waals surface area contributed by atoms with Crippen LogP contribution < -0.4 is 10.6 Å². The molecule has 1 atom stereocenters. The fraction of sp³-hybridized carbons (Fsp3) is 0.867. The van der Waals surface area contributed by atoms with Crippen LogP contribution in [0.5, 0.6) is 0 Å². The zero-order valence-corrected chi connectivity index (χ0v) is 13.4. The van der Waals surface area contributed by atoms with Gasteiger partial charge in [0.1, 0.15) is 0 Å². The molecule has 6 heteroatoms. The Balaban J connectivity index is 1.89. The number of hydrogen-bond acceptors (Lipinski definition) is 3. The van der Waals surface area contributed by atoms with Gasteiger partial charge in [-0.3, -0.25) is 4.79 Å². The standard InChI is InChI=1S/C15H28N4O2/c1-4-16-14(21)19-10-8-18(9-11-19)13(20)12-15(2,3)6-5-7-17-12/h12,17H,4-11H2,1-3H3,(H,16,21). The number of nitrogens with zero attached hydrogens (tertiary/aromatic N) is 2. The molecule has 0 spiro atoms. The average molecular weight is 296 g/mol. The number of carbonyl (C=O) groups excluding carboxylic acids is 2. The third-order valence-electron chi connectivity index (χ3n) is 4.58. The molecule has 0 aliphatic carbocycles. The summed E-state index contributed by atoms with van der Waals surface area (Å²) in [6.07, 6.45) is 2.21. The van der Waals surface area contributed by atoms with E-state index in [1.165, 1.54) is 0 Å². The van der Waals surface area contributed by atoms with Gasteiger partial charge in [0.25, 0.3) is 0 Å². The van der Waals surface area contributed by atoms with Crippen molar-refractivity contribution in [1.29, 1.82) is 0 Å². The van der Waals surface area contributed by atoms with Crippen LogP contribution in [0.2, 0.25) is 0 Å². The van der Waals surface area contributed by atoms with Crippen LogP contribution in [-0.2, 0) is 4.79 Å². The topological polar surface area (TPSA) is 64.7 Å². The molecule has 0 aromatic heterocycles. The van der Waals surface area contributed by atoms with Crippen LogP contribution >= 0.6 is 0 Å². The molecule has 2 saturated heterocycles. The Bertz CT molecular complexity index is 389. The first-order valence-electron chi connectivity index (χ1n) is 8.00. The molecule has 0 aromatic carbocycles. The quantitative estimate of drug-likeness (QED) is 0.786. The van der Waals surface area contributed by atoms with Crippen molar-refractivity contribution in [3.05, 3.63) is 0 Å². The summed E-state index contributed by atoms with van der Waals surface area (Å²) in [5, 5.41) is 6.18. The Morgan fingerprint density at radius 1 is 1.19 bits per heavy atom. The minimum absolute atomic E-state index is 0.00601. The lowest BCUT2D eigenvalue weighted by molar-refractivity contribution is -0.138. The van der Waals surface area contributed by atoms with E-state index < -0.39 is 0 Å². The summed E-state index contributed by atoms with van der Waals surface area (Å²) in [4.78, 5) is 28.2. The van der Waals surface area contributed by atoms with Gasteiger partial charge in [0, 0.05) is 32.7 Å². The first-order chi connectivity index (χ1) is 9.95. The Morgan fingerprint density at radius 2 is 1.81 bits per heavy atom. The van der Waals surface area contributed by atoms with Gasteiger partial charge in [-0.25, -0.2) is 4.79 Å². The van der Waals surface area contributed by atoms with E-state index in [0.29, 0.717) is 32.7 Å². The zero-order valence-electron chi connectivity index (χ0n) is 13.4. The highest BCUT2D eigenvalue weighted by Crippen LogP contribution is 2.31. The largest absolute Gasteiger partial charge is 0.338 e. The second-order valence-electron chi connectivity index (χ2n) is 6.63. The van der Waals surface area contributed by atoms with E-state index in [0.717, 1.165) is 19.4 Å². The summed E-state index contributed by atoms with van der Waals surface area (Å²) >= 11 is 0. The summed E-state index contributed by atoms with van der Waals surface area (Å²) < 4.78 is 0. The lowest BCUT2D eigenvalue weighted by atomic mass is 9.77. The first kappa shape index (κ1) is 16.1. The van der Waals surface area contributed by atoms with Gasteiger partial charge >= 0.3 is 6.03 Å². The smallest absolute Gasteiger partial charge is 0.317 e. The number of piperidine rings is 1. The van der Waals surface area contributed by atoms with Gasteiger partial charge in [-0.1, -0.05) is 13.8 Å². The lowest BCUT2D eigenvalue weighted by Crippen LogP contribution is -2.60. The number of rotatable bonds is 2. The zero-order chi connectivity index (χ0) is 15.5. The van der Waals surface area contributed by atoms with Gasteiger partial charge in [0.2, 0.25) is 5.91 Å². The second kappa shape index (κ2) is 6.64. The van der Waals surface area contributed by atoms with Gasteiger partial charge in [0.15, 0.2) is 0 Å². The van der Waals surface area contributed by atoms with E-state index in [1.807, 2.05) is 11.8 Å². The Labute approximate surface area is 127 Å². The van der Waals surface area contributed by atoms with Gasteiger partial charge in [-0.2, -0.15) is 0 Å². The predicted molar refractivity (Wildman–Crippen MR) is 82.0 cm³/mol. The van der Waals surface area contributed by atoms with Crippen LogP contribution in [0.15, 0.2) is 0 Å². The fourth-order valence-corrected chi connectivity index (χ4v) is 3.21. The summed E-state index contributed by atoms with van der Waals surface area (Å²) in [5.74, 6) is 0.190. The van der Waals surface area contributed by atoms with Gasteiger partial charge in [-0.15, -0.1) is 0 Å². The summed E-state index contributed by atoms with van der Waals surface area (Å²) in [5.41, 5.74) is 0.00601. The maximum Gasteiger partial charge on any atom is 0.317 e. The Hall–Kier alpha value is -1.30. The molecule has 0 saturated carbocycles. The molecule has 0 bridgehead atoms. The SMILES string of the molecule is CCNC(=O)N1CCN(C(=O)C2NCCCC2(C)C)CC1. The Morgan fingerprint density at radius 3 is 2.38 bits per heavy atom. The monoisotopic (exact) mass is 296 g/mol. The second-order valence-corrected chi connectivity index (χ2v) is 6.63. The van der Waals surface area contributed by atoms with Crippen molar-refractivity contribution in [3.63, 3.8) is 0 Å². The minimum Gasteiger partial charge on any atom is -0.338 e. The molecular weight excluding hydrogens is 268 g/mol. The van der Waals surface area contributed by atoms with Crippen LogP contribution in [0.4, 0.5) is 4.79 Å². The molecule has 2 N–H and O–H groups in total. The Kier molecular flexibility index (Phi) is 5.08. The van der Waals surface area contributed by atoms with Crippen molar-refractivity contribution in [2.24, 2.45) is 5.41 Å². The average Bonchev–Trinajstić information content (AvgIpc) is 2.46. The molecule has 2 heterocycles. The van der Waals surface area contributed by atoms with Gasteiger partial charge in [0.05, 0.1) is 6.04 Å². The van der Waals surface area contributed by atoms with Crippen molar-refractivity contribution in [1.82, 2.24) is 20.4 Å². The number of urea groups is 1. The van der Waals surface area contributed by atoms with E-state index >= 15 is 0 Å². The molecule has 1 unspecified atom stereocenters. The van der Waals surface area contributed by atoms with Gasteiger partial charge in [-0.05, 0) is 31.7 Å². The van der Waals surface area contributed by atoms with Crippen molar-refractivity contribution < 1.29 is 9.59 Å². The fourth-order valence-electron chi connectivity index (χ4n) is 3.21. The minimum atomic E-state index is -0.0951. The molecule has 2 aliphatic heterocycles. The number of nitrogens with one attached hydrogen (secondary N) is 2. The number of amides is 3. The highest BCUT2D eigenvalue weighted by atomic mass is 16.2. The molecule has 0 aromatic rings. The molecule has 2 fully saturated rings. The van der Waals surface area contributed by atoms with E-state index in [2.05, 4.69) is 24.5 Å². The summed E-state index contributed by atoms with van der Waals surface area (Å²) in [6.45, 7) is 10.3. The molecular formula is C15H28N4O2. The third kappa shape index (κ3) is 3.67. The van der Waals surface area contributed by atoms with E-state index in [9.17, 15) is 9.59 Å². The van der Waals surface area contributed by atoms with Crippen molar-refractivity contribution in [3.8, 4) is 0 Å². The maximum atomic E-state index is 12.7. The molecule has 2 rings (SSSR count). The normalized spacial score (nSPS) is 25.6. The van der Waals surface area contributed by atoms with E-state index in [-0.39, 0.29) is 23.4 Å². The van der Waals surface area contributed by atoms with Crippen LogP contribution in [0, 0.1) is 5.41 Å². The molecule has 6 nitrogen and oxygen atoms in total. The van der Waals surface area contributed by atoms with Crippen LogP contribution in [-0.4, -0.2) is 67.0 Å². The molecule has 0 radical (unpaired) electrons. The highest BCUT2D eigenvalue weighted by molar-refractivity contribution is 5.83. The van der Waals surface area contributed by atoms with Crippen molar-refractivity contribution in [2.75, 3.05) is 39.3 Å². The number of carbonyl (C=O) groups is 2. The molecule has 120 valence electrons. The molecule has 3 amide bonds. The predicted octanol–water partition coefficient (Wildman–Crippen LogP) is 0.638. The summed E-state index contributed by atoms with van der Waals surface area (Å²) in [6, 6.07) is -0.122.